The molecule has 0 saturated carbocycles. The fraction of sp³-hybridized carbons (Fsp3) is 0.364. The fourth-order valence-corrected chi connectivity index (χ4v) is 3.70. The Hall–Kier alpha value is -3.33. The number of phenolic OH excluding ortho intramolecular Hbond substituents is 1. The molecule has 3 nitrogen and oxygen atoms in total. The Morgan fingerprint density at radius 2 is 1.31 bits per heavy atom. The largest absolute Gasteiger partial charge is 0.508 e. The first kappa shape index (κ1) is 28.9. The van der Waals surface area contributed by atoms with Gasteiger partial charge < -0.3 is 9.84 Å². The van der Waals surface area contributed by atoms with Crippen molar-refractivity contribution in [1.82, 2.24) is 0 Å². The van der Waals surface area contributed by atoms with E-state index >= 15 is 0 Å². The molecule has 0 fully saturated rings. The van der Waals surface area contributed by atoms with Crippen molar-refractivity contribution >= 4 is 5.78 Å². The zero-order valence-electron chi connectivity index (χ0n) is 22.9. The SMILES string of the molecule is CC(C)=CCC/C(C)=C/COc1ccc(C(=O)c2ccc(O)c(C/C=C(\C)CCC=C(C)C)c2)cc1. The quantitative estimate of drug-likeness (QED) is 0.227. The maximum Gasteiger partial charge on any atom is 0.193 e. The maximum atomic E-state index is 13.1. The lowest BCUT2D eigenvalue weighted by Crippen LogP contribution is -2.03. The summed E-state index contributed by atoms with van der Waals surface area (Å²) in [4.78, 5) is 13.1. The lowest BCUT2D eigenvalue weighted by Gasteiger charge is -2.08. The van der Waals surface area contributed by atoms with Gasteiger partial charge in [0.2, 0.25) is 0 Å². The normalized spacial score (nSPS) is 11.7. The van der Waals surface area contributed by atoms with Crippen LogP contribution in [0.3, 0.4) is 0 Å². The number of carbonyl (C=O) groups is 1. The summed E-state index contributed by atoms with van der Waals surface area (Å²) >= 11 is 0. The molecule has 0 bridgehead atoms. The molecule has 0 spiro atoms. The second kappa shape index (κ2) is 14.9. The molecule has 192 valence electrons. The van der Waals surface area contributed by atoms with Gasteiger partial charge in [-0.25, -0.2) is 0 Å². The number of hydrogen-bond acceptors (Lipinski definition) is 3. The summed E-state index contributed by atoms with van der Waals surface area (Å²) in [5, 5.41) is 10.3. The van der Waals surface area contributed by atoms with Crippen LogP contribution in [0.2, 0.25) is 0 Å². The third-order valence-corrected chi connectivity index (χ3v) is 5.99. The first-order valence-electron chi connectivity index (χ1n) is 12.8. The average molecular weight is 487 g/mol. The Morgan fingerprint density at radius 1 is 0.750 bits per heavy atom. The number of aromatic hydroxyl groups is 1. The van der Waals surface area contributed by atoms with Crippen LogP contribution in [0, 0.1) is 0 Å². The number of hydrogen-bond donors (Lipinski definition) is 1. The zero-order chi connectivity index (χ0) is 26.5. The van der Waals surface area contributed by atoms with Crippen LogP contribution >= 0.6 is 0 Å². The van der Waals surface area contributed by atoms with Crippen LogP contribution in [0.5, 0.6) is 11.5 Å². The summed E-state index contributed by atoms with van der Waals surface area (Å²) in [6, 6.07) is 12.3. The van der Waals surface area contributed by atoms with E-state index in [1.807, 2.05) is 12.1 Å². The molecule has 0 unspecified atom stereocenters. The number of carbonyl (C=O) groups excluding carboxylic acids is 1. The molecule has 36 heavy (non-hydrogen) atoms. The maximum absolute atomic E-state index is 13.1. The first-order valence-corrected chi connectivity index (χ1v) is 12.8. The number of rotatable bonds is 13. The van der Waals surface area contributed by atoms with Crippen LogP contribution < -0.4 is 4.74 Å². The van der Waals surface area contributed by atoms with Gasteiger partial charge in [-0.3, -0.25) is 4.79 Å². The van der Waals surface area contributed by atoms with Gasteiger partial charge >= 0.3 is 0 Å². The van der Waals surface area contributed by atoms with Crippen molar-refractivity contribution < 1.29 is 14.6 Å². The van der Waals surface area contributed by atoms with E-state index in [9.17, 15) is 9.90 Å². The third-order valence-electron chi connectivity index (χ3n) is 5.99. The molecule has 3 heteroatoms. The minimum absolute atomic E-state index is 0.0675. The van der Waals surface area contributed by atoms with Crippen LogP contribution in [-0.2, 0) is 6.42 Å². The number of allylic oxidation sites excluding steroid dienone is 7. The second-order valence-corrected chi connectivity index (χ2v) is 9.95. The highest BCUT2D eigenvalue weighted by atomic mass is 16.5. The molecule has 0 aliphatic carbocycles. The zero-order valence-corrected chi connectivity index (χ0v) is 22.9. The Labute approximate surface area is 217 Å². The van der Waals surface area contributed by atoms with Crippen LogP contribution in [-0.4, -0.2) is 17.5 Å². The van der Waals surface area contributed by atoms with E-state index < -0.39 is 0 Å². The van der Waals surface area contributed by atoms with Gasteiger partial charge in [0.05, 0.1) is 0 Å². The van der Waals surface area contributed by atoms with Crippen molar-refractivity contribution in [2.24, 2.45) is 0 Å². The predicted molar refractivity (Wildman–Crippen MR) is 152 cm³/mol. The van der Waals surface area contributed by atoms with Crippen molar-refractivity contribution in [3.05, 3.63) is 106 Å². The van der Waals surface area contributed by atoms with Gasteiger partial charge in [-0.1, -0.05) is 40.5 Å². The summed E-state index contributed by atoms with van der Waals surface area (Å²) in [5.74, 6) is 0.884. The monoisotopic (exact) mass is 486 g/mol. The second-order valence-electron chi connectivity index (χ2n) is 9.95. The van der Waals surface area contributed by atoms with Gasteiger partial charge in [0, 0.05) is 11.1 Å². The number of phenols is 1. The lowest BCUT2D eigenvalue weighted by molar-refractivity contribution is 0.103. The molecular weight excluding hydrogens is 444 g/mol. The van der Waals surface area contributed by atoms with E-state index in [-0.39, 0.29) is 11.5 Å². The summed E-state index contributed by atoms with van der Waals surface area (Å²) < 4.78 is 5.83. The molecule has 0 aliphatic heterocycles. The van der Waals surface area contributed by atoms with E-state index in [0.29, 0.717) is 24.2 Å². The highest BCUT2D eigenvalue weighted by Crippen LogP contribution is 2.23. The smallest absolute Gasteiger partial charge is 0.193 e. The van der Waals surface area contributed by atoms with Crippen molar-refractivity contribution in [2.45, 2.75) is 73.6 Å². The van der Waals surface area contributed by atoms with Crippen LogP contribution in [0.25, 0.3) is 0 Å². The number of ether oxygens (including phenoxy) is 1. The molecule has 2 aromatic carbocycles. The average Bonchev–Trinajstić information content (AvgIpc) is 2.83. The topological polar surface area (TPSA) is 46.5 Å². The molecule has 0 amide bonds. The molecule has 2 rings (SSSR count). The predicted octanol–water partition coefficient (Wildman–Crippen LogP) is 8.93. The molecule has 2 aromatic rings. The summed E-state index contributed by atoms with van der Waals surface area (Å²) in [7, 11) is 0. The van der Waals surface area contributed by atoms with Crippen molar-refractivity contribution in [3.8, 4) is 11.5 Å². The highest BCUT2D eigenvalue weighted by molar-refractivity contribution is 6.09. The van der Waals surface area contributed by atoms with E-state index in [4.69, 9.17) is 4.74 Å². The van der Waals surface area contributed by atoms with Gasteiger partial charge in [0.15, 0.2) is 5.78 Å². The molecule has 0 atom stereocenters. The number of ketones is 1. The molecular formula is C33H42O3. The van der Waals surface area contributed by atoms with Crippen molar-refractivity contribution in [1.29, 1.82) is 0 Å². The Balaban J connectivity index is 1.97. The summed E-state index contributed by atoms with van der Waals surface area (Å²) in [5.41, 5.74) is 7.17. The van der Waals surface area contributed by atoms with Crippen LogP contribution in [0.4, 0.5) is 0 Å². The molecule has 0 heterocycles. The van der Waals surface area contributed by atoms with Gasteiger partial charge in [-0.05, 0) is 128 Å². The Bertz CT molecular complexity index is 1120. The summed E-state index contributed by atoms with van der Waals surface area (Å²) in [6.07, 6.45) is 13.4. The van der Waals surface area contributed by atoms with Crippen LogP contribution in [0.15, 0.2) is 89.1 Å². The summed E-state index contributed by atoms with van der Waals surface area (Å²) in [6.45, 7) is 13.2. The molecule has 0 saturated heterocycles. The third kappa shape index (κ3) is 10.5. The first-order chi connectivity index (χ1) is 17.2. The van der Waals surface area contributed by atoms with Gasteiger partial charge in [0.1, 0.15) is 18.1 Å². The van der Waals surface area contributed by atoms with Gasteiger partial charge in [-0.2, -0.15) is 0 Å². The van der Waals surface area contributed by atoms with Crippen LogP contribution in [0.1, 0.15) is 88.7 Å². The van der Waals surface area contributed by atoms with E-state index in [1.54, 1.807) is 30.3 Å². The van der Waals surface area contributed by atoms with Gasteiger partial charge in [-0.15, -0.1) is 0 Å². The van der Waals surface area contributed by atoms with E-state index in [1.165, 1.54) is 22.3 Å². The van der Waals surface area contributed by atoms with E-state index in [0.717, 1.165) is 37.0 Å². The fourth-order valence-electron chi connectivity index (χ4n) is 3.70. The number of benzene rings is 2. The standard InChI is InChI=1S/C33H42O3/c1-24(2)9-7-11-26(5)13-14-29-23-30(17-20-32(29)34)33(35)28-15-18-31(19-16-28)36-22-21-27(6)12-8-10-25(3)4/h9-10,13,15-21,23,34H,7-8,11-12,14,22H2,1-6H3/b26-13+,27-21+. The Kier molecular flexibility index (Phi) is 12.0. The minimum Gasteiger partial charge on any atom is -0.508 e. The van der Waals surface area contributed by atoms with Crippen molar-refractivity contribution in [2.75, 3.05) is 6.61 Å². The van der Waals surface area contributed by atoms with E-state index in [2.05, 4.69) is 65.8 Å². The van der Waals surface area contributed by atoms with Crippen molar-refractivity contribution in [3.63, 3.8) is 0 Å². The lowest BCUT2D eigenvalue weighted by atomic mass is 9.98. The molecule has 1 N–H and O–H groups in total. The Morgan fingerprint density at radius 3 is 1.89 bits per heavy atom. The molecule has 0 aliphatic rings. The van der Waals surface area contributed by atoms with Gasteiger partial charge in [0.25, 0.3) is 0 Å². The highest BCUT2D eigenvalue weighted by Gasteiger charge is 2.12. The molecule has 0 aromatic heterocycles. The molecule has 0 radical (unpaired) electrons. The minimum atomic E-state index is -0.0675.